The molecular weight excluding hydrogens is 254 g/mol. The molecule has 4 heteroatoms. The molecule has 0 saturated carbocycles. The number of hydrogen-bond acceptors (Lipinski definition) is 4. The molecule has 1 heterocycles. The first kappa shape index (κ1) is 13.8. The van der Waals surface area contributed by atoms with Gasteiger partial charge in [0, 0.05) is 17.3 Å². The van der Waals surface area contributed by atoms with Crippen LogP contribution in [0.2, 0.25) is 0 Å². The molecule has 2 aromatic rings. The van der Waals surface area contributed by atoms with Crippen molar-refractivity contribution in [2.45, 2.75) is 0 Å². The molecule has 0 aliphatic carbocycles. The first-order valence-corrected chi connectivity index (χ1v) is 6.05. The molecule has 0 aliphatic rings. The monoisotopic (exact) mass is 269 g/mol. The van der Waals surface area contributed by atoms with Gasteiger partial charge in [-0.15, -0.1) is 0 Å². The lowest BCUT2D eigenvalue weighted by Crippen LogP contribution is -2.05. The Morgan fingerprint density at radius 3 is 2.65 bits per heavy atom. The molecule has 0 amide bonds. The van der Waals surface area contributed by atoms with E-state index >= 15 is 0 Å². The molecule has 0 radical (unpaired) electrons. The van der Waals surface area contributed by atoms with Crippen LogP contribution in [0.4, 0.5) is 0 Å². The van der Waals surface area contributed by atoms with Gasteiger partial charge in [0.05, 0.1) is 25.5 Å². The van der Waals surface area contributed by atoms with Crippen molar-refractivity contribution >= 4 is 12.0 Å². The minimum absolute atomic E-state index is 0.420. The van der Waals surface area contributed by atoms with Crippen LogP contribution in [0.1, 0.15) is 16.1 Å². The predicted molar refractivity (Wildman–Crippen MR) is 77.7 cm³/mol. The van der Waals surface area contributed by atoms with Crippen molar-refractivity contribution in [3.63, 3.8) is 0 Å². The molecule has 1 aromatic heterocycles. The van der Waals surface area contributed by atoms with Crippen LogP contribution in [-0.2, 0) is 4.74 Å². The number of benzene rings is 1. The number of rotatable bonds is 4. The standard InChI is InChI=1S/C16H15NO3/c1-4-11-9-13(16(18)20-3)14(10-17-11)12-7-5-6-8-15(12)19-2/h4-10H,1H2,2-3H3. The summed E-state index contributed by atoms with van der Waals surface area (Å²) < 4.78 is 10.2. The Kier molecular flexibility index (Phi) is 4.15. The van der Waals surface area contributed by atoms with Gasteiger partial charge in [-0.25, -0.2) is 4.79 Å². The van der Waals surface area contributed by atoms with E-state index in [4.69, 9.17) is 9.47 Å². The molecule has 0 unspecified atom stereocenters. The summed E-state index contributed by atoms with van der Waals surface area (Å²) >= 11 is 0. The summed E-state index contributed by atoms with van der Waals surface area (Å²) in [5.74, 6) is 0.252. The van der Waals surface area contributed by atoms with Gasteiger partial charge in [-0.05, 0) is 18.2 Å². The molecule has 0 N–H and O–H groups in total. The summed E-state index contributed by atoms with van der Waals surface area (Å²) in [5, 5.41) is 0. The van der Waals surface area contributed by atoms with E-state index in [9.17, 15) is 4.79 Å². The van der Waals surface area contributed by atoms with E-state index in [1.807, 2.05) is 24.3 Å². The van der Waals surface area contributed by atoms with Crippen molar-refractivity contribution in [2.24, 2.45) is 0 Å². The molecule has 0 aliphatic heterocycles. The van der Waals surface area contributed by atoms with Gasteiger partial charge in [0.25, 0.3) is 0 Å². The fraction of sp³-hybridized carbons (Fsp3) is 0.125. The molecular formula is C16H15NO3. The maximum atomic E-state index is 12.0. The minimum Gasteiger partial charge on any atom is -0.496 e. The van der Waals surface area contributed by atoms with Crippen LogP contribution in [0, 0.1) is 0 Å². The number of ether oxygens (including phenoxy) is 2. The highest BCUT2D eigenvalue weighted by Gasteiger charge is 2.17. The van der Waals surface area contributed by atoms with Crippen molar-refractivity contribution in [3.8, 4) is 16.9 Å². The van der Waals surface area contributed by atoms with Crippen molar-refractivity contribution in [3.05, 3.63) is 54.4 Å². The zero-order valence-electron chi connectivity index (χ0n) is 11.4. The third-order valence-electron chi connectivity index (χ3n) is 2.94. The number of aromatic nitrogens is 1. The normalized spacial score (nSPS) is 9.90. The average molecular weight is 269 g/mol. The van der Waals surface area contributed by atoms with Gasteiger partial charge in [-0.1, -0.05) is 24.8 Å². The highest BCUT2D eigenvalue weighted by molar-refractivity contribution is 5.98. The summed E-state index contributed by atoms with van der Waals surface area (Å²) in [6.45, 7) is 3.65. The SMILES string of the molecule is C=Cc1cc(C(=O)OC)c(-c2ccccc2OC)cn1. The fourth-order valence-corrected chi connectivity index (χ4v) is 1.94. The lowest BCUT2D eigenvalue weighted by Gasteiger charge is -2.12. The average Bonchev–Trinajstić information content (AvgIpc) is 2.53. The van der Waals surface area contributed by atoms with Gasteiger partial charge in [-0.2, -0.15) is 0 Å². The second-order valence-corrected chi connectivity index (χ2v) is 4.05. The van der Waals surface area contributed by atoms with Crippen LogP contribution in [0.5, 0.6) is 5.75 Å². The summed E-state index contributed by atoms with van der Waals surface area (Å²) in [6, 6.07) is 9.10. The molecule has 1 aromatic carbocycles. The van der Waals surface area contributed by atoms with E-state index in [-0.39, 0.29) is 0 Å². The van der Waals surface area contributed by atoms with Gasteiger partial charge in [0.1, 0.15) is 5.75 Å². The van der Waals surface area contributed by atoms with E-state index in [1.54, 1.807) is 25.4 Å². The molecule has 4 nitrogen and oxygen atoms in total. The van der Waals surface area contributed by atoms with Gasteiger partial charge >= 0.3 is 5.97 Å². The summed E-state index contributed by atoms with van der Waals surface area (Å²) in [5.41, 5.74) is 2.50. The maximum absolute atomic E-state index is 12.0. The minimum atomic E-state index is -0.420. The number of methoxy groups -OCH3 is 2. The Morgan fingerprint density at radius 2 is 2.00 bits per heavy atom. The van der Waals surface area contributed by atoms with Gasteiger partial charge in [0.15, 0.2) is 0 Å². The van der Waals surface area contributed by atoms with Crippen molar-refractivity contribution in [2.75, 3.05) is 14.2 Å². The van der Waals surface area contributed by atoms with Crippen LogP contribution >= 0.6 is 0 Å². The van der Waals surface area contributed by atoms with E-state index in [2.05, 4.69) is 11.6 Å². The third-order valence-corrected chi connectivity index (χ3v) is 2.94. The topological polar surface area (TPSA) is 48.4 Å². The molecule has 20 heavy (non-hydrogen) atoms. The maximum Gasteiger partial charge on any atom is 0.338 e. The largest absolute Gasteiger partial charge is 0.496 e. The highest BCUT2D eigenvalue weighted by Crippen LogP contribution is 2.32. The van der Waals surface area contributed by atoms with Crippen LogP contribution < -0.4 is 4.74 Å². The van der Waals surface area contributed by atoms with Crippen molar-refractivity contribution < 1.29 is 14.3 Å². The number of hydrogen-bond donors (Lipinski definition) is 0. The number of nitrogens with zero attached hydrogens (tertiary/aromatic N) is 1. The number of pyridine rings is 1. The Bertz CT molecular complexity index is 650. The lowest BCUT2D eigenvalue weighted by molar-refractivity contribution is 0.0601. The summed E-state index contributed by atoms with van der Waals surface area (Å²) in [6.07, 6.45) is 3.21. The van der Waals surface area contributed by atoms with Crippen LogP contribution in [0.25, 0.3) is 17.2 Å². The Labute approximate surface area is 117 Å². The second-order valence-electron chi connectivity index (χ2n) is 4.05. The smallest absolute Gasteiger partial charge is 0.338 e. The number of para-hydroxylation sites is 1. The van der Waals surface area contributed by atoms with Crippen LogP contribution in [0.3, 0.4) is 0 Å². The molecule has 102 valence electrons. The molecule has 2 rings (SSSR count). The Morgan fingerprint density at radius 1 is 1.25 bits per heavy atom. The molecule has 0 atom stereocenters. The highest BCUT2D eigenvalue weighted by atomic mass is 16.5. The first-order chi connectivity index (χ1) is 9.71. The number of esters is 1. The number of carbonyl (C=O) groups excluding carboxylic acids is 1. The third kappa shape index (κ3) is 2.54. The molecule has 0 saturated heterocycles. The van der Waals surface area contributed by atoms with Crippen LogP contribution in [0.15, 0.2) is 43.1 Å². The zero-order chi connectivity index (χ0) is 14.5. The lowest BCUT2D eigenvalue weighted by atomic mass is 10.00. The van der Waals surface area contributed by atoms with Crippen LogP contribution in [-0.4, -0.2) is 25.2 Å². The van der Waals surface area contributed by atoms with Crippen molar-refractivity contribution in [1.29, 1.82) is 0 Å². The quantitative estimate of drug-likeness (QED) is 0.800. The number of carbonyl (C=O) groups is 1. The summed E-state index contributed by atoms with van der Waals surface area (Å²) in [4.78, 5) is 16.2. The Hall–Kier alpha value is -2.62. The van der Waals surface area contributed by atoms with E-state index in [1.165, 1.54) is 7.11 Å². The van der Waals surface area contributed by atoms with Gasteiger partial charge in [-0.3, -0.25) is 4.98 Å². The molecule has 0 bridgehead atoms. The van der Waals surface area contributed by atoms with Gasteiger partial charge in [0.2, 0.25) is 0 Å². The van der Waals surface area contributed by atoms with Crippen molar-refractivity contribution in [1.82, 2.24) is 4.98 Å². The Balaban J connectivity index is 2.66. The summed E-state index contributed by atoms with van der Waals surface area (Å²) in [7, 11) is 2.94. The zero-order valence-corrected chi connectivity index (χ0v) is 11.4. The van der Waals surface area contributed by atoms with Gasteiger partial charge < -0.3 is 9.47 Å². The fourth-order valence-electron chi connectivity index (χ4n) is 1.94. The second kappa shape index (κ2) is 6.02. The van der Waals surface area contributed by atoms with E-state index < -0.39 is 5.97 Å². The van der Waals surface area contributed by atoms with E-state index in [0.717, 1.165) is 5.56 Å². The first-order valence-electron chi connectivity index (χ1n) is 6.05. The van der Waals surface area contributed by atoms with E-state index in [0.29, 0.717) is 22.6 Å². The molecule has 0 spiro atoms. The predicted octanol–water partition coefficient (Wildman–Crippen LogP) is 3.19. The molecule has 0 fully saturated rings.